The summed E-state index contributed by atoms with van der Waals surface area (Å²) >= 11 is 0. The molecule has 0 aromatic carbocycles. The maximum Gasteiger partial charge on any atom is 0.333 e. The number of esters is 1. The average Bonchev–Trinajstić information content (AvgIpc) is 2.03. The molecular weight excluding hydrogens is 168 g/mol. The standard InChI is InChI=1S/C10H16O3/c1-7(2)9(11)5-6-13-10(12)8(3)4/h7H,3,5-6H2,1-2,4H3. The molecule has 0 N–H and O–H groups in total. The van der Waals surface area contributed by atoms with Gasteiger partial charge in [-0.3, -0.25) is 4.79 Å². The maximum atomic E-state index is 11.1. The monoisotopic (exact) mass is 184 g/mol. The predicted octanol–water partition coefficient (Wildman–Crippen LogP) is 1.72. The molecule has 0 saturated carbocycles. The average molecular weight is 184 g/mol. The minimum atomic E-state index is -0.434. The molecule has 13 heavy (non-hydrogen) atoms. The van der Waals surface area contributed by atoms with Gasteiger partial charge in [0, 0.05) is 17.9 Å². The molecule has 0 bridgehead atoms. The quantitative estimate of drug-likeness (QED) is 0.482. The van der Waals surface area contributed by atoms with Gasteiger partial charge in [-0.1, -0.05) is 20.4 Å². The van der Waals surface area contributed by atoms with E-state index < -0.39 is 5.97 Å². The first kappa shape index (κ1) is 11.9. The molecule has 0 rings (SSSR count). The Kier molecular flexibility index (Phi) is 5.04. The second-order valence-electron chi connectivity index (χ2n) is 3.29. The van der Waals surface area contributed by atoms with E-state index in [9.17, 15) is 9.59 Å². The number of Topliss-reactive ketones (excluding diaryl/α,β-unsaturated/α-hetero) is 1. The Bertz CT molecular complexity index is 216. The van der Waals surface area contributed by atoms with Crippen LogP contribution < -0.4 is 0 Å². The third kappa shape index (κ3) is 5.17. The molecule has 0 aromatic rings. The molecule has 0 spiro atoms. The molecule has 0 aromatic heterocycles. The van der Waals surface area contributed by atoms with Crippen molar-refractivity contribution < 1.29 is 14.3 Å². The van der Waals surface area contributed by atoms with Crippen molar-refractivity contribution in [3.8, 4) is 0 Å². The van der Waals surface area contributed by atoms with Crippen LogP contribution in [0.5, 0.6) is 0 Å². The Balaban J connectivity index is 3.63. The highest BCUT2D eigenvalue weighted by atomic mass is 16.5. The highest BCUT2D eigenvalue weighted by molar-refractivity contribution is 5.87. The summed E-state index contributed by atoms with van der Waals surface area (Å²) < 4.78 is 4.76. The molecule has 0 aliphatic rings. The predicted molar refractivity (Wildman–Crippen MR) is 50.2 cm³/mol. The van der Waals surface area contributed by atoms with Crippen LogP contribution in [0.15, 0.2) is 12.2 Å². The normalized spacial score (nSPS) is 9.85. The van der Waals surface area contributed by atoms with Gasteiger partial charge in [0.05, 0.1) is 6.61 Å². The molecule has 0 amide bonds. The van der Waals surface area contributed by atoms with Crippen molar-refractivity contribution in [3.05, 3.63) is 12.2 Å². The summed E-state index contributed by atoms with van der Waals surface area (Å²) in [6.45, 7) is 8.80. The lowest BCUT2D eigenvalue weighted by Gasteiger charge is -2.05. The lowest BCUT2D eigenvalue weighted by atomic mass is 10.1. The first-order valence-electron chi connectivity index (χ1n) is 4.30. The number of carbonyl (C=O) groups is 2. The van der Waals surface area contributed by atoms with Crippen molar-refractivity contribution in [3.63, 3.8) is 0 Å². The molecule has 0 saturated heterocycles. The van der Waals surface area contributed by atoms with E-state index in [1.807, 2.05) is 13.8 Å². The molecule has 0 radical (unpaired) electrons. The molecule has 0 atom stereocenters. The van der Waals surface area contributed by atoms with Gasteiger partial charge in [-0.2, -0.15) is 0 Å². The summed E-state index contributed by atoms with van der Waals surface area (Å²) in [4.78, 5) is 21.9. The zero-order valence-corrected chi connectivity index (χ0v) is 8.42. The van der Waals surface area contributed by atoms with Gasteiger partial charge >= 0.3 is 5.97 Å². The zero-order chi connectivity index (χ0) is 10.4. The largest absolute Gasteiger partial charge is 0.462 e. The highest BCUT2D eigenvalue weighted by Crippen LogP contribution is 2.00. The second-order valence-corrected chi connectivity index (χ2v) is 3.29. The van der Waals surface area contributed by atoms with E-state index in [1.54, 1.807) is 6.92 Å². The second kappa shape index (κ2) is 5.51. The van der Waals surface area contributed by atoms with Gasteiger partial charge in [-0.25, -0.2) is 4.79 Å². The van der Waals surface area contributed by atoms with E-state index in [1.165, 1.54) is 0 Å². The van der Waals surface area contributed by atoms with Crippen LogP contribution in [0, 0.1) is 5.92 Å². The number of carbonyl (C=O) groups excluding carboxylic acids is 2. The summed E-state index contributed by atoms with van der Waals surface area (Å²) in [7, 11) is 0. The van der Waals surface area contributed by atoms with Crippen molar-refractivity contribution >= 4 is 11.8 Å². The van der Waals surface area contributed by atoms with Gasteiger partial charge < -0.3 is 4.74 Å². The third-order valence-electron chi connectivity index (χ3n) is 1.57. The number of rotatable bonds is 5. The Morgan fingerprint density at radius 3 is 2.31 bits per heavy atom. The van der Waals surface area contributed by atoms with Gasteiger partial charge in [0.1, 0.15) is 5.78 Å². The van der Waals surface area contributed by atoms with Gasteiger partial charge in [0.2, 0.25) is 0 Å². The summed E-state index contributed by atoms with van der Waals surface area (Å²) in [6, 6.07) is 0. The molecular formula is C10H16O3. The van der Waals surface area contributed by atoms with Crippen LogP contribution in [0.2, 0.25) is 0 Å². The van der Waals surface area contributed by atoms with Crippen LogP contribution in [0.4, 0.5) is 0 Å². The lowest BCUT2D eigenvalue weighted by Crippen LogP contribution is -2.13. The number of hydrogen-bond acceptors (Lipinski definition) is 3. The highest BCUT2D eigenvalue weighted by Gasteiger charge is 2.08. The van der Waals surface area contributed by atoms with E-state index in [0.717, 1.165) is 0 Å². The lowest BCUT2D eigenvalue weighted by molar-refractivity contribution is -0.139. The van der Waals surface area contributed by atoms with Crippen LogP contribution in [-0.4, -0.2) is 18.4 Å². The Morgan fingerprint density at radius 1 is 1.38 bits per heavy atom. The van der Waals surface area contributed by atoms with Crippen LogP contribution in [0.3, 0.4) is 0 Å². The summed E-state index contributed by atoms with van der Waals surface area (Å²) in [5.41, 5.74) is 0.358. The zero-order valence-electron chi connectivity index (χ0n) is 8.42. The van der Waals surface area contributed by atoms with Crippen molar-refractivity contribution in [2.45, 2.75) is 27.2 Å². The fraction of sp³-hybridized carbons (Fsp3) is 0.600. The number of ether oxygens (including phenoxy) is 1. The van der Waals surface area contributed by atoms with Gasteiger partial charge in [-0.05, 0) is 6.92 Å². The van der Waals surface area contributed by atoms with Crippen LogP contribution in [0.1, 0.15) is 27.2 Å². The summed E-state index contributed by atoms with van der Waals surface area (Å²) in [5.74, 6) is -0.324. The molecule has 3 heteroatoms. The molecule has 0 heterocycles. The van der Waals surface area contributed by atoms with Crippen molar-refractivity contribution in [2.24, 2.45) is 5.92 Å². The first-order valence-corrected chi connectivity index (χ1v) is 4.30. The van der Waals surface area contributed by atoms with Crippen LogP contribution in [0.25, 0.3) is 0 Å². The van der Waals surface area contributed by atoms with Crippen molar-refractivity contribution in [1.29, 1.82) is 0 Å². The molecule has 0 aliphatic heterocycles. The van der Waals surface area contributed by atoms with Crippen LogP contribution in [-0.2, 0) is 14.3 Å². The fourth-order valence-electron chi connectivity index (χ4n) is 0.656. The summed E-state index contributed by atoms with van der Waals surface area (Å²) in [6.07, 6.45) is 0.288. The molecule has 74 valence electrons. The SMILES string of the molecule is C=C(C)C(=O)OCCC(=O)C(C)C. The van der Waals surface area contributed by atoms with Crippen molar-refractivity contribution in [1.82, 2.24) is 0 Å². The molecule has 3 nitrogen and oxygen atoms in total. The van der Waals surface area contributed by atoms with Gasteiger partial charge in [-0.15, -0.1) is 0 Å². The number of ketones is 1. The minimum Gasteiger partial charge on any atom is -0.462 e. The van der Waals surface area contributed by atoms with E-state index in [-0.39, 0.29) is 24.7 Å². The molecule has 0 aliphatic carbocycles. The minimum absolute atomic E-state index is 0.00327. The topological polar surface area (TPSA) is 43.4 Å². The van der Waals surface area contributed by atoms with E-state index >= 15 is 0 Å². The summed E-state index contributed by atoms with van der Waals surface area (Å²) in [5, 5.41) is 0. The van der Waals surface area contributed by atoms with Crippen LogP contribution >= 0.6 is 0 Å². The Labute approximate surface area is 78.8 Å². The smallest absolute Gasteiger partial charge is 0.333 e. The van der Waals surface area contributed by atoms with E-state index in [2.05, 4.69) is 6.58 Å². The Hall–Kier alpha value is -1.12. The number of hydrogen-bond donors (Lipinski definition) is 0. The maximum absolute atomic E-state index is 11.1. The van der Waals surface area contributed by atoms with E-state index in [0.29, 0.717) is 5.57 Å². The molecule has 0 fully saturated rings. The van der Waals surface area contributed by atoms with Gasteiger partial charge in [0.15, 0.2) is 0 Å². The van der Waals surface area contributed by atoms with Gasteiger partial charge in [0.25, 0.3) is 0 Å². The Morgan fingerprint density at radius 2 is 1.92 bits per heavy atom. The first-order chi connectivity index (χ1) is 5.95. The van der Waals surface area contributed by atoms with E-state index in [4.69, 9.17) is 4.74 Å². The van der Waals surface area contributed by atoms with Crippen molar-refractivity contribution in [2.75, 3.05) is 6.61 Å². The fourth-order valence-corrected chi connectivity index (χ4v) is 0.656. The molecule has 0 unspecified atom stereocenters. The third-order valence-corrected chi connectivity index (χ3v) is 1.57.